The number of hydrogen-bond donors (Lipinski definition) is 1. The lowest BCUT2D eigenvalue weighted by atomic mass is 10.0. The number of fused-ring (bicyclic) bond motifs is 1. The van der Waals surface area contributed by atoms with Crippen molar-refractivity contribution in [1.29, 1.82) is 0 Å². The maximum Gasteiger partial charge on any atom is 0.254 e. The summed E-state index contributed by atoms with van der Waals surface area (Å²) in [6, 6.07) is 9.00. The normalized spacial score (nSPS) is 16.6. The summed E-state index contributed by atoms with van der Waals surface area (Å²) in [5, 5.41) is 3.06. The van der Waals surface area contributed by atoms with E-state index in [9.17, 15) is 9.59 Å². The summed E-state index contributed by atoms with van der Waals surface area (Å²) >= 11 is 6.17. The Morgan fingerprint density at radius 3 is 2.81 bits per heavy atom. The molecule has 0 radical (unpaired) electrons. The van der Waals surface area contributed by atoms with E-state index < -0.39 is 0 Å². The van der Waals surface area contributed by atoms with E-state index in [2.05, 4.69) is 9.88 Å². The van der Waals surface area contributed by atoms with Gasteiger partial charge in [-0.25, -0.2) is 0 Å². The monoisotopic (exact) mass is 375 g/mol. The van der Waals surface area contributed by atoms with Crippen molar-refractivity contribution in [2.24, 2.45) is 5.92 Å². The maximum absolute atomic E-state index is 13.1. The lowest BCUT2D eigenvalue weighted by molar-refractivity contribution is -0.121. The maximum atomic E-state index is 13.1. The highest BCUT2D eigenvalue weighted by atomic mass is 35.5. The number of benzene rings is 1. The summed E-state index contributed by atoms with van der Waals surface area (Å²) in [4.78, 5) is 26.7. The molecule has 2 aromatic rings. The van der Waals surface area contributed by atoms with E-state index in [1.165, 1.54) is 7.11 Å². The van der Waals surface area contributed by atoms with Gasteiger partial charge in [0.25, 0.3) is 5.91 Å². The van der Waals surface area contributed by atoms with Crippen LogP contribution in [-0.2, 0) is 17.9 Å². The number of amides is 2. The SMILES string of the molecule is CNC(=O)C[C@H]1CN(C(=O)c2ccc(OC)c(Cl)c2)Cc2cccn2C1. The molecule has 1 aliphatic heterocycles. The highest BCUT2D eigenvalue weighted by molar-refractivity contribution is 6.32. The first-order chi connectivity index (χ1) is 12.5. The molecule has 2 amide bonds. The van der Waals surface area contributed by atoms with Crippen LogP contribution in [0.4, 0.5) is 0 Å². The van der Waals surface area contributed by atoms with E-state index in [-0.39, 0.29) is 17.7 Å². The predicted molar refractivity (Wildman–Crippen MR) is 99.4 cm³/mol. The average molecular weight is 376 g/mol. The second-order valence-electron chi connectivity index (χ2n) is 6.43. The molecule has 1 aromatic carbocycles. The van der Waals surface area contributed by atoms with Crippen molar-refractivity contribution in [3.63, 3.8) is 0 Å². The molecule has 1 aromatic heterocycles. The first-order valence-electron chi connectivity index (χ1n) is 8.49. The number of methoxy groups -OCH3 is 1. The fraction of sp³-hybridized carbons (Fsp3) is 0.368. The van der Waals surface area contributed by atoms with E-state index in [0.717, 1.165) is 5.69 Å². The van der Waals surface area contributed by atoms with Crippen molar-refractivity contribution in [3.8, 4) is 5.75 Å². The minimum Gasteiger partial charge on any atom is -0.495 e. The lowest BCUT2D eigenvalue weighted by Gasteiger charge is -2.24. The topological polar surface area (TPSA) is 63.6 Å². The van der Waals surface area contributed by atoms with Gasteiger partial charge < -0.3 is 19.5 Å². The van der Waals surface area contributed by atoms with E-state index >= 15 is 0 Å². The molecule has 2 heterocycles. The van der Waals surface area contributed by atoms with Gasteiger partial charge in [-0.05, 0) is 30.3 Å². The third-order valence-corrected chi connectivity index (χ3v) is 4.94. The quantitative estimate of drug-likeness (QED) is 0.893. The predicted octanol–water partition coefficient (Wildman–Crippen LogP) is 2.56. The van der Waals surface area contributed by atoms with Crippen molar-refractivity contribution in [1.82, 2.24) is 14.8 Å². The van der Waals surface area contributed by atoms with Gasteiger partial charge in [0.05, 0.1) is 18.7 Å². The molecule has 0 saturated carbocycles. The third-order valence-electron chi connectivity index (χ3n) is 4.65. The molecule has 7 heteroatoms. The molecule has 138 valence electrons. The standard InChI is InChI=1S/C19H22ClN3O3/c1-21-18(24)8-13-10-22-7-3-4-15(22)12-23(11-13)19(25)14-5-6-17(26-2)16(20)9-14/h3-7,9,13H,8,10-12H2,1-2H3,(H,21,24)/t13-/m1/s1. The number of hydrogen-bond acceptors (Lipinski definition) is 3. The van der Waals surface area contributed by atoms with Crippen LogP contribution >= 0.6 is 11.6 Å². The van der Waals surface area contributed by atoms with Gasteiger partial charge in [-0.15, -0.1) is 0 Å². The molecule has 0 fully saturated rings. The first-order valence-corrected chi connectivity index (χ1v) is 8.87. The molecule has 0 bridgehead atoms. The van der Waals surface area contributed by atoms with Crippen LogP contribution in [0.15, 0.2) is 36.5 Å². The first kappa shape index (κ1) is 18.3. The average Bonchev–Trinajstić information content (AvgIpc) is 2.99. The molecule has 0 spiro atoms. The minimum atomic E-state index is -0.105. The molecule has 3 rings (SSSR count). The van der Waals surface area contributed by atoms with Crippen molar-refractivity contribution in [2.75, 3.05) is 20.7 Å². The van der Waals surface area contributed by atoms with Gasteiger partial charge in [0.1, 0.15) is 5.75 Å². The number of carbonyl (C=O) groups excluding carboxylic acids is 2. The molecule has 0 aliphatic carbocycles. The second kappa shape index (κ2) is 7.83. The van der Waals surface area contributed by atoms with Gasteiger partial charge in [0.15, 0.2) is 0 Å². The fourth-order valence-corrected chi connectivity index (χ4v) is 3.57. The van der Waals surface area contributed by atoms with Gasteiger partial charge in [-0.3, -0.25) is 9.59 Å². The van der Waals surface area contributed by atoms with Crippen molar-refractivity contribution in [3.05, 3.63) is 52.8 Å². The van der Waals surface area contributed by atoms with E-state index in [0.29, 0.717) is 42.4 Å². The van der Waals surface area contributed by atoms with Gasteiger partial charge in [-0.1, -0.05) is 11.6 Å². The highest BCUT2D eigenvalue weighted by Gasteiger charge is 2.27. The van der Waals surface area contributed by atoms with E-state index in [1.54, 1.807) is 30.1 Å². The fourth-order valence-electron chi connectivity index (χ4n) is 3.31. The number of nitrogens with zero attached hydrogens (tertiary/aromatic N) is 2. The smallest absolute Gasteiger partial charge is 0.254 e. The Morgan fingerprint density at radius 2 is 2.12 bits per heavy atom. The van der Waals surface area contributed by atoms with Gasteiger partial charge in [0, 0.05) is 49.9 Å². The van der Waals surface area contributed by atoms with Gasteiger partial charge >= 0.3 is 0 Å². The van der Waals surface area contributed by atoms with Crippen LogP contribution in [0, 0.1) is 5.92 Å². The number of ether oxygens (including phenoxy) is 1. The summed E-state index contributed by atoms with van der Waals surface area (Å²) in [6.07, 6.45) is 2.37. The highest BCUT2D eigenvalue weighted by Crippen LogP contribution is 2.27. The van der Waals surface area contributed by atoms with Crippen LogP contribution in [0.3, 0.4) is 0 Å². The van der Waals surface area contributed by atoms with Crippen LogP contribution in [0.2, 0.25) is 5.02 Å². The number of rotatable bonds is 4. The minimum absolute atomic E-state index is 0.0227. The summed E-state index contributed by atoms with van der Waals surface area (Å²) in [6.45, 7) is 1.72. The van der Waals surface area contributed by atoms with Gasteiger partial charge in [0.2, 0.25) is 5.91 Å². The summed E-state index contributed by atoms with van der Waals surface area (Å²) in [5.41, 5.74) is 1.56. The molecule has 1 N–H and O–H groups in total. The zero-order valence-corrected chi connectivity index (χ0v) is 15.6. The number of nitrogens with one attached hydrogen (secondary N) is 1. The summed E-state index contributed by atoms with van der Waals surface area (Å²) in [5.74, 6) is 0.448. The largest absolute Gasteiger partial charge is 0.495 e. The molecule has 6 nitrogen and oxygen atoms in total. The molecule has 0 unspecified atom stereocenters. The third kappa shape index (κ3) is 3.85. The Labute approximate surface area is 157 Å². The van der Waals surface area contributed by atoms with E-state index in [1.807, 2.05) is 18.3 Å². The molecule has 1 aliphatic rings. The number of carbonyl (C=O) groups is 2. The van der Waals surface area contributed by atoms with Crippen LogP contribution in [-0.4, -0.2) is 42.0 Å². The molecule has 0 saturated heterocycles. The Morgan fingerprint density at radius 1 is 1.31 bits per heavy atom. The lowest BCUT2D eigenvalue weighted by Crippen LogP contribution is -2.35. The Balaban J connectivity index is 1.86. The molecule has 1 atom stereocenters. The zero-order chi connectivity index (χ0) is 18.7. The Kier molecular flexibility index (Phi) is 5.52. The zero-order valence-electron chi connectivity index (χ0n) is 14.9. The molecular weight excluding hydrogens is 354 g/mol. The van der Waals surface area contributed by atoms with Crippen molar-refractivity contribution in [2.45, 2.75) is 19.5 Å². The van der Waals surface area contributed by atoms with Crippen LogP contribution < -0.4 is 10.1 Å². The van der Waals surface area contributed by atoms with Crippen LogP contribution in [0.25, 0.3) is 0 Å². The summed E-state index contributed by atoms with van der Waals surface area (Å²) < 4.78 is 7.26. The van der Waals surface area contributed by atoms with Crippen LogP contribution in [0.1, 0.15) is 22.5 Å². The van der Waals surface area contributed by atoms with Crippen molar-refractivity contribution >= 4 is 23.4 Å². The Bertz CT molecular complexity index is 818. The molecular formula is C19H22ClN3O3. The number of aromatic nitrogens is 1. The second-order valence-corrected chi connectivity index (χ2v) is 6.84. The molecule has 26 heavy (non-hydrogen) atoms. The number of halogens is 1. The van der Waals surface area contributed by atoms with Crippen LogP contribution in [0.5, 0.6) is 5.75 Å². The van der Waals surface area contributed by atoms with E-state index in [4.69, 9.17) is 16.3 Å². The van der Waals surface area contributed by atoms with Gasteiger partial charge in [-0.2, -0.15) is 0 Å². The summed E-state index contributed by atoms with van der Waals surface area (Å²) in [7, 11) is 3.16. The Hall–Kier alpha value is -2.47. The van der Waals surface area contributed by atoms with Crippen molar-refractivity contribution < 1.29 is 14.3 Å².